The van der Waals surface area contributed by atoms with Crippen molar-refractivity contribution in [2.45, 2.75) is 33.8 Å². The molecule has 0 aliphatic heterocycles. The highest BCUT2D eigenvalue weighted by Crippen LogP contribution is 2.22. The van der Waals surface area contributed by atoms with Crippen LogP contribution >= 0.6 is 0 Å². The summed E-state index contributed by atoms with van der Waals surface area (Å²) >= 11 is 0. The molecule has 0 bridgehead atoms. The summed E-state index contributed by atoms with van der Waals surface area (Å²) < 4.78 is 6.07. The Labute approximate surface area is 99.0 Å². The van der Waals surface area contributed by atoms with E-state index in [4.69, 9.17) is 4.74 Å². The Bertz CT molecular complexity index is 334. The third kappa shape index (κ3) is 3.53. The summed E-state index contributed by atoms with van der Waals surface area (Å²) in [7, 11) is 1.96. The maximum atomic E-state index is 6.07. The summed E-state index contributed by atoms with van der Waals surface area (Å²) in [6.07, 6.45) is 0.227. The van der Waals surface area contributed by atoms with Gasteiger partial charge in [0.1, 0.15) is 11.9 Å². The first kappa shape index (κ1) is 13.0. The average Bonchev–Trinajstić information content (AvgIpc) is 2.22. The SMILES string of the molecule is CNCC(Oc1cc(C)ccc1C)C(C)C. The van der Waals surface area contributed by atoms with Gasteiger partial charge in [-0.15, -0.1) is 0 Å². The fourth-order valence-electron chi connectivity index (χ4n) is 1.61. The molecule has 0 aliphatic rings. The van der Waals surface area contributed by atoms with Crippen molar-refractivity contribution in [3.05, 3.63) is 29.3 Å². The van der Waals surface area contributed by atoms with Crippen molar-refractivity contribution >= 4 is 0 Å². The molecule has 1 aromatic carbocycles. The molecule has 0 heterocycles. The minimum absolute atomic E-state index is 0.227. The van der Waals surface area contributed by atoms with Crippen LogP contribution in [0.3, 0.4) is 0 Å². The summed E-state index contributed by atoms with van der Waals surface area (Å²) in [4.78, 5) is 0. The van der Waals surface area contributed by atoms with Crippen LogP contribution in [0, 0.1) is 19.8 Å². The van der Waals surface area contributed by atoms with E-state index in [0.29, 0.717) is 5.92 Å². The fraction of sp³-hybridized carbons (Fsp3) is 0.571. The van der Waals surface area contributed by atoms with Gasteiger partial charge in [-0.1, -0.05) is 26.0 Å². The van der Waals surface area contributed by atoms with E-state index >= 15 is 0 Å². The molecule has 0 aromatic heterocycles. The molecule has 0 aliphatic carbocycles. The van der Waals surface area contributed by atoms with Crippen LogP contribution in [0.25, 0.3) is 0 Å². The van der Waals surface area contributed by atoms with Crippen LogP contribution in [-0.2, 0) is 0 Å². The average molecular weight is 221 g/mol. The van der Waals surface area contributed by atoms with Crippen molar-refractivity contribution in [2.75, 3.05) is 13.6 Å². The molecule has 16 heavy (non-hydrogen) atoms. The molecule has 0 spiro atoms. The van der Waals surface area contributed by atoms with Gasteiger partial charge in [0.05, 0.1) is 0 Å². The van der Waals surface area contributed by atoms with Crippen molar-refractivity contribution in [2.24, 2.45) is 5.92 Å². The van der Waals surface area contributed by atoms with Gasteiger partial charge in [0.25, 0.3) is 0 Å². The molecule has 1 unspecified atom stereocenters. The Morgan fingerprint density at radius 3 is 2.50 bits per heavy atom. The summed E-state index contributed by atoms with van der Waals surface area (Å²) in [6.45, 7) is 9.44. The Balaban J connectivity index is 2.80. The van der Waals surface area contributed by atoms with Crippen LogP contribution in [0.2, 0.25) is 0 Å². The van der Waals surface area contributed by atoms with E-state index in [2.05, 4.69) is 51.2 Å². The Morgan fingerprint density at radius 2 is 1.94 bits per heavy atom. The third-order valence-electron chi connectivity index (χ3n) is 2.77. The molecular formula is C14H23NO. The second kappa shape index (κ2) is 5.90. The predicted octanol–water partition coefficient (Wildman–Crippen LogP) is 2.93. The van der Waals surface area contributed by atoms with Crippen molar-refractivity contribution in [3.8, 4) is 5.75 Å². The standard InChI is InChI=1S/C14H23NO/c1-10(2)14(9-15-5)16-13-8-11(3)6-7-12(13)4/h6-8,10,14-15H,9H2,1-5H3. The smallest absolute Gasteiger partial charge is 0.122 e. The highest BCUT2D eigenvalue weighted by atomic mass is 16.5. The highest BCUT2D eigenvalue weighted by molar-refractivity contribution is 5.36. The molecule has 2 heteroatoms. The van der Waals surface area contributed by atoms with E-state index in [0.717, 1.165) is 12.3 Å². The molecule has 1 aromatic rings. The lowest BCUT2D eigenvalue weighted by Crippen LogP contribution is -2.33. The molecule has 1 atom stereocenters. The summed E-state index contributed by atoms with van der Waals surface area (Å²) in [6, 6.07) is 6.34. The number of benzene rings is 1. The molecule has 0 amide bonds. The van der Waals surface area contributed by atoms with Crippen molar-refractivity contribution < 1.29 is 4.74 Å². The lowest BCUT2D eigenvalue weighted by Gasteiger charge is -2.23. The fourth-order valence-corrected chi connectivity index (χ4v) is 1.61. The van der Waals surface area contributed by atoms with Gasteiger partial charge in [0, 0.05) is 6.54 Å². The van der Waals surface area contributed by atoms with E-state index in [-0.39, 0.29) is 6.10 Å². The second-order valence-electron chi connectivity index (χ2n) is 4.73. The summed E-state index contributed by atoms with van der Waals surface area (Å²) in [5, 5.41) is 3.18. The van der Waals surface area contributed by atoms with Crippen LogP contribution in [0.1, 0.15) is 25.0 Å². The number of hydrogen-bond acceptors (Lipinski definition) is 2. The quantitative estimate of drug-likeness (QED) is 0.825. The lowest BCUT2D eigenvalue weighted by atomic mass is 10.1. The molecular weight excluding hydrogens is 198 g/mol. The highest BCUT2D eigenvalue weighted by Gasteiger charge is 2.15. The normalized spacial score (nSPS) is 12.9. The van der Waals surface area contributed by atoms with Gasteiger partial charge in [-0.2, -0.15) is 0 Å². The Hall–Kier alpha value is -1.02. The van der Waals surface area contributed by atoms with E-state index < -0.39 is 0 Å². The number of rotatable bonds is 5. The van der Waals surface area contributed by atoms with Crippen LogP contribution in [-0.4, -0.2) is 19.7 Å². The second-order valence-corrected chi connectivity index (χ2v) is 4.73. The first-order valence-corrected chi connectivity index (χ1v) is 5.93. The van der Waals surface area contributed by atoms with Crippen LogP contribution in [0.15, 0.2) is 18.2 Å². The Kier molecular flexibility index (Phi) is 4.81. The van der Waals surface area contributed by atoms with Gasteiger partial charge < -0.3 is 10.1 Å². The zero-order chi connectivity index (χ0) is 12.1. The monoisotopic (exact) mass is 221 g/mol. The number of likely N-dealkylation sites (N-methyl/N-ethyl adjacent to an activating group) is 1. The molecule has 0 saturated carbocycles. The molecule has 1 rings (SSSR count). The zero-order valence-corrected chi connectivity index (χ0v) is 11.0. The number of hydrogen-bond donors (Lipinski definition) is 1. The first-order valence-electron chi connectivity index (χ1n) is 5.93. The van der Waals surface area contributed by atoms with Gasteiger partial charge in [-0.25, -0.2) is 0 Å². The van der Waals surface area contributed by atoms with Crippen LogP contribution < -0.4 is 10.1 Å². The minimum atomic E-state index is 0.227. The van der Waals surface area contributed by atoms with Crippen LogP contribution in [0.4, 0.5) is 0 Å². The minimum Gasteiger partial charge on any atom is -0.489 e. The summed E-state index contributed by atoms with van der Waals surface area (Å²) in [5.74, 6) is 1.52. The van der Waals surface area contributed by atoms with Crippen molar-refractivity contribution in [3.63, 3.8) is 0 Å². The van der Waals surface area contributed by atoms with Crippen LogP contribution in [0.5, 0.6) is 5.75 Å². The lowest BCUT2D eigenvalue weighted by molar-refractivity contribution is 0.150. The van der Waals surface area contributed by atoms with E-state index in [1.54, 1.807) is 0 Å². The van der Waals surface area contributed by atoms with E-state index in [9.17, 15) is 0 Å². The largest absolute Gasteiger partial charge is 0.489 e. The number of aryl methyl sites for hydroxylation is 2. The van der Waals surface area contributed by atoms with Gasteiger partial charge in [0.15, 0.2) is 0 Å². The molecule has 2 nitrogen and oxygen atoms in total. The molecule has 90 valence electrons. The Morgan fingerprint density at radius 1 is 1.25 bits per heavy atom. The maximum absolute atomic E-state index is 6.07. The van der Waals surface area contributed by atoms with E-state index in [1.807, 2.05) is 7.05 Å². The van der Waals surface area contributed by atoms with Gasteiger partial charge in [-0.3, -0.25) is 0 Å². The predicted molar refractivity (Wildman–Crippen MR) is 69.1 cm³/mol. The maximum Gasteiger partial charge on any atom is 0.122 e. The summed E-state index contributed by atoms with van der Waals surface area (Å²) in [5.41, 5.74) is 2.44. The third-order valence-corrected chi connectivity index (χ3v) is 2.77. The van der Waals surface area contributed by atoms with Gasteiger partial charge in [-0.05, 0) is 44.0 Å². The topological polar surface area (TPSA) is 21.3 Å². The van der Waals surface area contributed by atoms with Crippen molar-refractivity contribution in [1.82, 2.24) is 5.32 Å². The van der Waals surface area contributed by atoms with Gasteiger partial charge in [0.2, 0.25) is 0 Å². The number of ether oxygens (including phenoxy) is 1. The van der Waals surface area contributed by atoms with Crippen molar-refractivity contribution in [1.29, 1.82) is 0 Å². The van der Waals surface area contributed by atoms with E-state index in [1.165, 1.54) is 11.1 Å². The first-order chi connectivity index (χ1) is 7.54. The molecule has 0 fully saturated rings. The molecule has 0 saturated heterocycles. The number of nitrogens with one attached hydrogen (secondary N) is 1. The van der Waals surface area contributed by atoms with Gasteiger partial charge >= 0.3 is 0 Å². The molecule has 1 N–H and O–H groups in total. The molecule has 0 radical (unpaired) electrons. The zero-order valence-electron chi connectivity index (χ0n) is 11.0.